The van der Waals surface area contributed by atoms with Gasteiger partial charge < -0.3 is 15.0 Å². The maximum Gasteiger partial charge on any atom is 0.323 e. The third-order valence-corrected chi connectivity index (χ3v) is 5.60. The lowest BCUT2D eigenvalue weighted by Crippen LogP contribution is -2.11. The first kappa shape index (κ1) is 19.4. The Morgan fingerprint density at radius 3 is 2.59 bits per heavy atom. The second kappa shape index (κ2) is 7.42. The number of fused-ring (bicyclic) bond motifs is 2. The zero-order valence-corrected chi connectivity index (χ0v) is 17.5. The van der Waals surface area contributed by atoms with Gasteiger partial charge in [-0.1, -0.05) is 17.3 Å². The molecule has 0 radical (unpaired) electrons. The van der Waals surface area contributed by atoms with Crippen molar-refractivity contribution < 1.29 is 0 Å². The lowest BCUT2D eigenvalue weighted by Gasteiger charge is -2.09. The van der Waals surface area contributed by atoms with Crippen LogP contribution in [-0.2, 0) is 6.54 Å². The zero-order valence-electron chi connectivity index (χ0n) is 17.5. The number of H-pyrrole nitrogens is 3. The number of imidazole rings is 1. The van der Waals surface area contributed by atoms with E-state index in [9.17, 15) is 9.59 Å². The first-order valence-electron chi connectivity index (χ1n) is 10.3. The number of nitrogens with one attached hydrogen (secondary N) is 3. The number of rotatable bonds is 4. The molecule has 0 saturated heterocycles. The highest BCUT2D eigenvalue weighted by Crippen LogP contribution is 2.23. The molecule has 0 aliphatic carbocycles. The van der Waals surface area contributed by atoms with Crippen molar-refractivity contribution in [1.29, 1.82) is 5.26 Å². The predicted molar refractivity (Wildman–Crippen MR) is 123 cm³/mol. The minimum atomic E-state index is -0.374. The van der Waals surface area contributed by atoms with Crippen LogP contribution in [0.3, 0.4) is 0 Å². The molecule has 0 saturated carbocycles. The molecule has 0 unspecified atom stereocenters. The van der Waals surface area contributed by atoms with E-state index in [0.29, 0.717) is 45.7 Å². The second-order valence-electron chi connectivity index (χ2n) is 7.74. The van der Waals surface area contributed by atoms with E-state index in [2.05, 4.69) is 36.4 Å². The van der Waals surface area contributed by atoms with Crippen LogP contribution in [0, 0.1) is 11.3 Å². The van der Waals surface area contributed by atoms with Crippen LogP contribution in [0.25, 0.3) is 39.1 Å². The number of pyridine rings is 1. The van der Waals surface area contributed by atoms with Gasteiger partial charge in [-0.2, -0.15) is 10.4 Å². The average Bonchev–Trinajstić information content (AvgIpc) is 3.56. The van der Waals surface area contributed by atoms with Crippen LogP contribution in [0.5, 0.6) is 0 Å². The molecule has 4 heterocycles. The third kappa shape index (κ3) is 3.18. The Kier molecular flexibility index (Phi) is 4.24. The molecule has 6 rings (SSSR count). The van der Waals surface area contributed by atoms with Crippen LogP contribution in [0.15, 0.2) is 70.4 Å². The van der Waals surface area contributed by atoms with Gasteiger partial charge in [0, 0.05) is 6.20 Å². The largest absolute Gasteiger partial charge is 0.323 e. The van der Waals surface area contributed by atoms with Crippen molar-refractivity contribution in [3.05, 3.63) is 92.8 Å². The van der Waals surface area contributed by atoms with Crippen molar-refractivity contribution in [2.24, 2.45) is 0 Å². The summed E-state index contributed by atoms with van der Waals surface area (Å²) < 4.78 is 3.32. The molecule has 3 N–H and O–H groups in total. The Morgan fingerprint density at radius 2 is 1.76 bits per heavy atom. The maximum absolute atomic E-state index is 12.8. The fourth-order valence-electron chi connectivity index (χ4n) is 3.96. The minimum Gasteiger partial charge on any atom is -0.319 e. The van der Waals surface area contributed by atoms with Crippen molar-refractivity contribution in [3.63, 3.8) is 0 Å². The van der Waals surface area contributed by atoms with Gasteiger partial charge in [-0.05, 0) is 48.0 Å². The van der Waals surface area contributed by atoms with E-state index in [1.54, 1.807) is 52.0 Å². The molecule has 0 fully saturated rings. The van der Waals surface area contributed by atoms with Crippen LogP contribution in [0.4, 0.5) is 0 Å². The van der Waals surface area contributed by atoms with Gasteiger partial charge in [-0.15, -0.1) is 5.10 Å². The highest BCUT2D eigenvalue weighted by Gasteiger charge is 2.15. The van der Waals surface area contributed by atoms with Crippen LogP contribution in [-0.4, -0.2) is 39.7 Å². The summed E-state index contributed by atoms with van der Waals surface area (Å²) in [7, 11) is 0. The van der Waals surface area contributed by atoms with Crippen molar-refractivity contribution in [2.45, 2.75) is 6.54 Å². The summed E-state index contributed by atoms with van der Waals surface area (Å²) in [5.41, 5.74) is 4.80. The molecule has 11 heteroatoms. The van der Waals surface area contributed by atoms with E-state index in [0.717, 1.165) is 5.56 Å². The van der Waals surface area contributed by atoms with Gasteiger partial charge in [0.25, 0.3) is 5.56 Å². The molecule has 2 aromatic carbocycles. The summed E-state index contributed by atoms with van der Waals surface area (Å²) in [4.78, 5) is 32.7. The molecular formula is C23H15N9O2. The van der Waals surface area contributed by atoms with Crippen molar-refractivity contribution >= 4 is 22.1 Å². The van der Waals surface area contributed by atoms with Gasteiger partial charge in [0.2, 0.25) is 0 Å². The molecule has 0 spiro atoms. The van der Waals surface area contributed by atoms with Crippen LogP contribution in [0.1, 0.15) is 11.1 Å². The molecular weight excluding hydrogens is 434 g/mol. The summed E-state index contributed by atoms with van der Waals surface area (Å²) in [6.07, 6.45) is 1.66. The lowest BCUT2D eigenvalue weighted by molar-refractivity contribution is 0.692. The highest BCUT2D eigenvalue weighted by atomic mass is 16.1. The molecule has 6 aromatic rings. The average molecular weight is 449 g/mol. The maximum atomic E-state index is 12.8. The highest BCUT2D eigenvalue weighted by molar-refractivity contribution is 5.82. The van der Waals surface area contributed by atoms with Crippen LogP contribution < -0.4 is 11.2 Å². The van der Waals surface area contributed by atoms with Crippen molar-refractivity contribution in [1.82, 2.24) is 39.7 Å². The molecule has 11 nitrogen and oxygen atoms in total. The van der Waals surface area contributed by atoms with E-state index in [1.165, 1.54) is 0 Å². The van der Waals surface area contributed by atoms with Gasteiger partial charge >= 0.3 is 5.69 Å². The molecule has 0 amide bonds. The van der Waals surface area contributed by atoms with Crippen LogP contribution >= 0.6 is 0 Å². The Hall–Kier alpha value is -5.24. The first-order chi connectivity index (χ1) is 16.6. The third-order valence-electron chi connectivity index (χ3n) is 5.60. The van der Waals surface area contributed by atoms with Gasteiger partial charge in [-0.3, -0.25) is 9.48 Å². The lowest BCUT2D eigenvalue weighted by atomic mass is 10.1. The molecule has 34 heavy (non-hydrogen) atoms. The second-order valence-corrected chi connectivity index (χ2v) is 7.74. The molecule has 164 valence electrons. The number of aromatic nitrogens is 8. The Balaban J connectivity index is 1.44. The predicted octanol–water partition coefficient (Wildman–Crippen LogP) is 2.06. The van der Waals surface area contributed by atoms with E-state index in [4.69, 9.17) is 5.26 Å². The molecule has 4 aromatic heterocycles. The van der Waals surface area contributed by atoms with Crippen molar-refractivity contribution in [3.8, 4) is 23.1 Å². The smallest absolute Gasteiger partial charge is 0.319 e. The number of hydrogen-bond donors (Lipinski definition) is 3. The number of aromatic amines is 3. The SMILES string of the molecule is N#Cc1ccc(Cn2nccc2-c2cc3c(nnn3-c3ccc4[nH]c(=O)[nH]c4c3)c(=O)[nH]2)cc1. The van der Waals surface area contributed by atoms with E-state index < -0.39 is 0 Å². The van der Waals surface area contributed by atoms with Gasteiger partial charge in [-0.25, -0.2) is 9.48 Å². The van der Waals surface area contributed by atoms with E-state index >= 15 is 0 Å². The summed E-state index contributed by atoms with van der Waals surface area (Å²) in [6.45, 7) is 0.461. The minimum absolute atomic E-state index is 0.199. The fraction of sp³-hybridized carbons (Fsp3) is 0.0435. The van der Waals surface area contributed by atoms with E-state index in [-0.39, 0.29) is 16.8 Å². The van der Waals surface area contributed by atoms with Crippen molar-refractivity contribution in [2.75, 3.05) is 0 Å². The number of hydrogen-bond acceptors (Lipinski definition) is 6. The Morgan fingerprint density at radius 1 is 0.941 bits per heavy atom. The quantitative estimate of drug-likeness (QED) is 0.374. The summed E-state index contributed by atoms with van der Waals surface area (Å²) in [6, 6.07) is 18.3. The summed E-state index contributed by atoms with van der Waals surface area (Å²) in [5.74, 6) is 0. The Labute approximate surface area is 189 Å². The van der Waals surface area contributed by atoms with Crippen LogP contribution in [0.2, 0.25) is 0 Å². The van der Waals surface area contributed by atoms with Gasteiger partial charge in [0.1, 0.15) is 5.52 Å². The summed E-state index contributed by atoms with van der Waals surface area (Å²) >= 11 is 0. The number of nitriles is 1. The topological polar surface area (TPSA) is 154 Å². The molecule has 0 aliphatic rings. The van der Waals surface area contributed by atoms with E-state index in [1.807, 2.05) is 18.2 Å². The molecule has 0 bridgehead atoms. The standard InChI is InChI=1S/C23H15N9O2/c24-11-13-1-3-14(4-2-13)12-31-19(7-8-25-31)18-10-20-21(22(33)26-18)29-30-32(20)15-5-6-16-17(9-15)28-23(34)27-16/h1-10H,12H2,(H,26,33)(H2,27,28,34). The molecule has 0 atom stereocenters. The van der Waals surface area contributed by atoms with Gasteiger partial charge in [0.05, 0.1) is 46.3 Å². The number of nitrogens with zero attached hydrogens (tertiary/aromatic N) is 6. The Bertz CT molecular complexity index is 1840. The fourth-order valence-corrected chi connectivity index (χ4v) is 3.96. The summed E-state index contributed by atoms with van der Waals surface area (Å²) in [5, 5.41) is 21.6. The monoisotopic (exact) mass is 449 g/mol. The molecule has 0 aliphatic heterocycles. The first-order valence-corrected chi connectivity index (χ1v) is 10.3. The normalized spacial score (nSPS) is 11.3. The number of benzene rings is 2. The van der Waals surface area contributed by atoms with Gasteiger partial charge in [0.15, 0.2) is 5.52 Å². The zero-order chi connectivity index (χ0) is 23.2.